The van der Waals surface area contributed by atoms with Crippen LogP contribution in [0.4, 0.5) is 0 Å². The molecule has 11 rings (SSSR count). The third-order valence-electron chi connectivity index (χ3n) is 10.2. The van der Waals surface area contributed by atoms with Crippen molar-refractivity contribution in [3.63, 3.8) is 0 Å². The van der Waals surface area contributed by atoms with E-state index < -0.39 is 0 Å². The fourth-order valence-corrected chi connectivity index (χ4v) is 8.30. The predicted octanol–water partition coefficient (Wildman–Crippen LogP) is 13.4. The van der Waals surface area contributed by atoms with Gasteiger partial charge in [-0.2, -0.15) is 0 Å². The van der Waals surface area contributed by atoms with Gasteiger partial charge in [-0.05, 0) is 95.7 Å². The summed E-state index contributed by atoms with van der Waals surface area (Å²) in [4.78, 5) is 0. The lowest BCUT2D eigenvalue weighted by Gasteiger charge is -2.20. The van der Waals surface area contributed by atoms with Gasteiger partial charge in [0, 0.05) is 21.5 Å². The molecule has 2 aromatic heterocycles. The summed E-state index contributed by atoms with van der Waals surface area (Å²) in [6.45, 7) is 0. The van der Waals surface area contributed by atoms with Crippen LogP contribution in [-0.2, 0) is 0 Å². The molecule has 0 aliphatic rings. The molecule has 0 bridgehead atoms. The van der Waals surface area contributed by atoms with Gasteiger partial charge in [-0.15, -0.1) is 0 Å². The monoisotopic (exact) mass is 610 g/mol. The van der Waals surface area contributed by atoms with Gasteiger partial charge in [0.25, 0.3) is 0 Å². The molecule has 9 aromatic carbocycles. The summed E-state index contributed by atoms with van der Waals surface area (Å²) in [6.07, 6.45) is 0. The van der Waals surface area contributed by atoms with Crippen LogP contribution < -0.4 is 0 Å². The highest BCUT2D eigenvalue weighted by Gasteiger charge is 2.23. The van der Waals surface area contributed by atoms with E-state index >= 15 is 0 Å². The number of hydrogen-bond donors (Lipinski definition) is 0. The van der Waals surface area contributed by atoms with E-state index in [9.17, 15) is 0 Å². The van der Waals surface area contributed by atoms with Crippen molar-refractivity contribution in [3.05, 3.63) is 158 Å². The van der Waals surface area contributed by atoms with E-state index in [1.165, 1.54) is 59.8 Å². The molecule has 0 spiro atoms. The zero-order valence-corrected chi connectivity index (χ0v) is 25.8. The number of hydrogen-bond acceptors (Lipinski definition) is 2. The summed E-state index contributed by atoms with van der Waals surface area (Å²) in [7, 11) is 0. The second-order valence-corrected chi connectivity index (χ2v) is 12.7. The van der Waals surface area contributed by atoms with E-state index in [0.717, 1.165) is 49.4 Å². The van der Waals surface area contributed by atoms with Crippen LogP contribution in [0.1, 0.15) is 0 Å². The number of rotatable bonds is 2. The number of benzene rings is 9. The van der Waals surface area contributed by atoms with Crippen LogP contribution in [0.15, 0.2) is 167 Å². The maximum absolute atomic E-state index is 6.61. The third kappa shape index (κ3) is 3.41. The minimum Gasteiger partial charge on any atom is -0.456 e. The molecule has 0 saturated heterocycles. The second-order valence-electron chi connectivity index (χ2n) is 12.7. The minimum atomic E-state index is 0.865. The molecule has 0 amide bonds. The molecular weight excluding hydrogens is 585 g/mol. The molecular formula is C46H26O2. The average molecular weight is 611 g/mol. The summed E-state index contributed by atoms with van der Waals surface area (Å²) in [5.41, 5.74) is 8.38. The van der Waals surface area contributed by atoms with Gasteiger partial charge in [-0.25, -0.2) is 0 Å². The predicted molar refractivity (Wildman–Crippen MR) is 202 cm³/mol. The average Bonchev–Trinajstić information content (AvgIpc) is 3.72. The van der Waals surface area contributed by atoms with Crippen LogP contribution >= 0.6 is 0 Å². The van der Waals surface area contributed by atoms with Crippen LogP contribution in [0, 0.1) is 0 Å². The molecule has 222 valence electrons. The van der Waals surface area contributed by atoms with E-state index in [1.54, 1.807) is 0 Å². The Hall–Kier alpha value is -6.38. The van der Waals surface area contributed by atoms with Gasteiger partial charge in [0.2, 0.25) is 0 Å². The molecule has 48 heavy (non-hydrogen) atoms. The maximum Gasteiger partial charge on any atom is 0.136 e. The first-order chi connectivity index (χ1) is 23.8. The van der Waals surface area contributed by atoms with E-state index in [4.69, 9.17) is 8.83 Å². The lowest BCUT2D eigenvalue weighted by molar-refractivity contribution is 0.663. The summed E-state index contributed by atoms with van der Waals surface area (Å²) in [5.74, 6) is 0. The largest absolute Gasteiger partial charge is 0.456 e. The van der Waals surface area contributed by atoms with Crippen molar-refractivity contribution in [2.75, 3.05) is 0 Å². The molecule has 0 N–H and O–H groups in total. The summed E-state index contributed by atoms with van der Waals surface area (Å²) in [5, 5.41) is 14.4. The Balaban J connectivity index is 1.33. The molecule has 2 heteroatoms. The molecule has 0 atom stereocenters. The molecule has 11 aromatic rings. The molecule has 0 saturated carbocycles. The molecule has 0 fully saturated rings. The quantitative estimate of drug-likeness (QED) is 0.144. The van der Waals surface area contributed by atoms with Gasteiger partial charge < -0.3 is 8.83 Å². The van der Waals surface area contributed by atoms with Crippen molar-refractivity contribution >= 4 is 87.0 Å². The van der Waals surface area contributed by atoms with Gasteiger partial charge in [-0.3, -0.25) is 0 Å². The van der Waals surface area contributed by atoms with E-state index in [-0.39, 0.29) is 0 Å². The van der Waals surface area contributed by atoms with Gasteiger partial charge in [0.05, 0.1) is 0 Å². The molecule has 0 unspecified atom stereocenters. The molecule has 0 radical (unpaired) electrons. The summed E-state index contributed by atoms with van der Waals surface area (Å²) < 4.78 is 13.0. The van der Waals surface area contributed by atoms with Crippen molar-refractivity contribution < 1.29 is 8.83 Å². The van der Waals surface area contributed by atoms with Crippen LogP contribution in [0.25, 0.3) is 109 Å². The Bertz CT molecular complexity index is 3060. The van der Waals surface area contributed by atoms with Crippen molar-refractivity contribution in [1.82, 2.24) is 0 Å². The van der Waals surface area contributed by atoms with Gasteiger partial charge >= 0.3 is 0 Å². The smallest absolute Gasteiger partial charge is 0.136 e. The Kier molecular flexibility index (Phi) is 5.14. The van der Waals surface area contributed by atoms with Crippen LogP contribution in [-0.4, -0.2) is 0 Å². The van der Waals surface area contributed by atoms with Gasteiger partial charge in [-0.1, -0.05) is 127 Å². The molecule has 2 nitrogen and oxygen atoms in total. The van der Waals surface area contributed by atoms with Crippen LogP contribution in [0.3, 0.4) is 0 Å². The van der Waals surface area contributed by atoms with E-state index in [0.29, 0.717) is 0 Å². The highest BCUT2D eigenvalue weighted by molar-refractivity contribution is 6.32. The molecule has 2 heterocycles. The zero-order chi connectivity index (χ0) is 31.3. The maximum atomic E-state index is 6.61. The Morgan fingerprint density at radius 3 is 1.46 bits per heavy atom. The number of fused-ring (bicyclic) bond motifs is 12. The molecule has 0 aliphatic carbocycles. The fraction of sp³-hybridized carbons (Fsp3) is 0. The first-order valence-electron chi connectivity index (χ1n) is 16.4. The second kappa shape index (κ2) is 9.57. The highest BCUT2D eigenvalue weighted by atomic mass is 16.3. The summed E-state index contributed by atoms with van der Waals surface area (Å²) >= 11 is 0. The summed E-state index contributed by atoms with van der Waals surface area (Å²) in [6, 6.07) is 56.6. The van der Waals surface area contributed by atoms with E-state index in [2.05, 4.69) is 133 Å². The lowest BCUT2D eigenvalue weighted by atomic mass is 9.83. The zero-order valence-electron chi connectivity index (χ0n) is 25.8. The van der Waals surface area contributed by atoms with Gasteiger partial charge in [0.15, 0.2) is 0 Å². The first kappa shape index (κ1) is 25.8. The Labute approximate surface area is 275 Å². The Morgan fingerprint density at radius 1 is 0.271 bits per heavy atom. The third-order valence-corrected chi connectivity index (χ3v) is 10.2. The van der Waals surface area contributed by atoms with Crippen LogP contribution in [0.5, 0.6) is 0 Å². The minimum absolute atomic E-state index is 0.865. The van der Waals surface area contributed by atoms with Crippen molar-refractivity contribution in [1.29, 1.82) is 0 Å². The Morgan fingerprint density at radius 2 is 0.750 bits per heavy atom. The van der Waals surface area contributed by atoms with Gasteiger partial charge in [0.1, 0.15) is 22.3 Å². The lowest BCUT2D eigenvalue weighted by Crippen LogP contribution is -1.92. The van der Waals surface area contributed by atoms with Crippen molar-refractivity contribution in [2.24, 2.45) is 0 Å². The van der Waals surface area contributed by atoms with Crippen molar-refractivity contribution in [2.45, 2.75) is 0 Å². The molecule has 0 aliphatic heterocycles. The van der Waals surface area contributed by atoms with Crippen LogP contribution in [0.2, 0.25) is 0 Å². The number of para-hydroxylation sites is 1. The fourth-order valence-electron chi connectivity index (χ4n) is 8.30. The number of furan rings is 2. The topological polar surface area (TPSA) is 26.3 Å². The van der Waals surface area contributed by atoms with E-state index in [1.807, 2.05) is 24.3 Å². The normalized spacial score (nSPS) is 12.2. The highest BCUT2D eigenvalue weighted by Crippen LogP contribution is 2.50. The first-order valence-corrected chi connectivity index (χ1v) is 16.4. The van der Waals surface area contributed by atoms with Crippen molar-refractivity contribution in [3.8, 4) is 22.3 Å². The SMILES string of the molecule is c1ccc2c(c1)cc(-c1c3ccccc3c(-c3cccc4oc5ccc6oc7ccccc7c6c5c34)c3ccccc13)c1ccccc12. The standard InChI is InChI=1S/C46H26O2/c1-2-13-28-27(12-1)26-37(30-15-4-3-14-29(28)30)43-33-18-7-5-16-31(33)42(32-17-6-8-19-34(32)43)36-21-11-23-39-45(36)46-41(48-39)25-24-40-44(46)35-20-9-10-22-38(35)47-40/h1-26H.